The second-order valence-electron chi connectivity index (χ2n) is 6.68. The van der Waals surface area contributed by atoms with Crippen LogP contribution < -0.4 is 0 Å². The van der Waals surface area contributed by atoms with Gasteiger partial charge in [0.15, 0.2) is 0 Å². The number of carboxylic acids is 1. The molecule has 1 aromatic carbocycles. The van der Waals surface area contributed by atoms with Crippen LogP contribution in [0.3, 0.4) is 0 Å². The number of carbonyl (C=O) groups is 2. The van der Waals surface area contributed by atoms with E-state index in [2.05, 4.69) is 5.10 Å². The summed E-state index contributed by atoms with van der Waals surface area (Å²) in [5.74, 6) is -0.953. The van der Waals surface area contributed by atoms with Crippen molar-refractivity contribution >= 4 is 11.9 Å². The van der Waals surface area contributed by atoms with Crippen LogP contribution in [0.15, 0.2) is 61.2 Å². The Hall–Kier alpha value is -3.35. The quantitative estimate of drug-likeness (QED) is 0.772. The van der Waals surface area contributed by atoms with Crippen molar-refractivity contribution in [3.63, 3.8) is 0 Å². The van der Waals surface area contributed by atoms with Gasteiger partial charge in [0.2, 0.25) is 0 Å². The summed E-state index contributed by atoms with van der Waals surface area (Å²) < 4.78 is 3.68. The van der Waals surface area contributed by atoms with Crippen molar-refractivity contribution in [3.8, 4) is 5.69 Å². The summed E-state index contributed by atoms with van der Waals surface area (Å²) in [7, 11) is 0. The fourth-order valence-corrected chi connectivity index (χ4v) is 3.47. The summed E-state index contributed by atoms with van der Waals surface area (Å²) >= 11 is 0. The highest BCUT2D eigenvalue weighted by Crippen LogP contribution is 2.24. The molecule has 27 heavy (non-hydrogen) atoms. The van der Waals surface area contributed by atoms with Crippen LogP contribution in [0.25, 0.3) is 5.69 Å². The number of hydrogen-bond acceptors (Lipinski definition) is 3. The maximum atomic E-state index is 12.9. The summed E-state index contributed by atoms with van der Waals surface area (Å²) in [4.78, 5) is 25.7. The van der Waals surface area contributed by atoms with Gasteiger partial charge in [-0.05, 0) is 43.2 Å². The van der Waals surface area contributed by atoms with Crippen LogP contribution in [0.4, 0.5) is 0 Å². The molecule has 1 aliphatic heterocycles. The number of carbonyl (C=O) groups excluding carboxylic acids is 1. The Labute approximate surface area is 156 Å². The molecule has 7 nitrogen and oxygen atoms in total. The molecule has 4 rings (SSSR count). The molecule has 1 saturated heterocycles. The van der Waals surface area contributed by atoms with Crippen molar-refractivity contribution in [3.05, 3.63) is 72.3 Å². The molecular weight excluding hydrogens is 344 g/mol. The predicted octanol–water partition coefficient (Wildman–Crippen LogP) is 2.85. The fourth-order valence-electron chi connectivity index (χ4n) is 3.47. The van der Waals surface area contributed by atoms with E-state index in [0.29, 0.717) is 18.7 Å². The first-order chi connectivity index (χ1) is 13.1. The largest absolute Gasteiger partial charge is 0.478 e. The Bertz CT molecular complexity index is 953. The summed E-state index contributed by atoms with van der Waals surface area (Å²) in [5.41, 5.74) is 1.82. The minimum absolute atomic E-state index is 0.0224. The number of nitrogens with zero attached hydrogens (tertiary/aromatic N) is 4. The monoisotopic (exact) mass is 364 g/mol. The molecule has 1 aliphatic rings. The summed E-state index contributed by atoms with van der Waals surface area (Å²) in [6, 6.07) is 11.6. The first-order valence-electron chi connectivity index (χ1n) is 8.92. The van der Waals surface area contributed by atoms with E-state index in [1.807, 2.05) is 58.3 Å². The van der Waals surface area contributed by atoms with Crippen molar-refractivity contribution in [2.24, 2.45) is 0 Å². The zero-order valence-corrected chi connectivity index (χ0v) is 14.7. The number of rotatable bonds is 4. The molecule has 0 atom stereocenters. The van der Waals surface area contributed by atoms with Gasteiger partial charge in [-0.3, -0.25) is 9.48 Å². The van der Waals surface area contributed by atoms with Gasteiger partial charge in [0.1, 0.15) is 0 Å². The van der Waals surface area contributed by atoms with E-state index < -0.39 is 5.97 Å². The third-order valence-corrected chi connectivity index (χ3v) is 4.97. The zero-order chi connectivity index (χ0) is 18.8. The Balaban J connectivity index is 1.43. The normalized spacial score (nSPS) is 15.0. The topological polar surface area (TPSA) is 80.4 Å². The molecule has 0 bridgehead atoms. The van der Waals surface area contributed by atoms with Crippen LogP contribution in [0, 0.1) is 0 Å². The van der Waals surface area contributed by atoms with Gasteiger partial charge in [-0.25, -0.2) is 4.79 Å². The van der Waals surface area contributed by atoms with E-state index in [1.54, 1.807) is 10.9 Å². The van der Waals surface area contributed by atoms with Crippen LogP contribution in [0.2, 0.25) is 0 Å². The lowest BCUT2D eigenvalue weighted by Crippen LogP contribution is -2.39. The lowest BCUT2D eigenvalue weighted by molar-refractivity contribution is 0.0688. The lowest BCUT2D eigenvalue weighted by atomic mass is 10.0. The minimum atomic E-state index is -0.976. The lowest BCUT2D eigenvalue weighted by Gasteiger charge is -2.32. The first kappa shape index (κ1) is 17.1. The Morgan fingerprint density at radius 2 is 1.78 bits per heavy atom. The third kappa shape index (κ3) is 3.48. The van der Waals surface area contributed by atoms with E-state index >= 15 is 0 Å². The number of hydrogen-bond donors (Lipinski definition) is 1. The standard InChI is InChI=1S/C20H20N4O3/c25-19(15-4-3-5-18(12-15)22-8-1-2-9-22)23-10-6-17(7-11-23)24-14-16(13-21-24)20(26)27/h1-5,8-9,12-14,17H,6-7,10-11H2,(H,26,27). The van der Waals surface area contributed by atoms with Crippen molar-refractivity contribution < 1.29 is 14.7 Å². The van der Waals surface area contributed by atoms with E-state index in [0.717, 1.165) is 18.5 Å². The van der Waals surface area contributed by atoms with Gasteiger partial charge in [-0.15, -0.1) is 0 Å². The molecule has 0 radical (unpaired) electrons. The highest BCUT2D eigenvalue weighted by Gasteiger charge is 2.25. The van der Waals surface area contributed by atoms with Crippen LogP contribution in [0.5, 0.6) is 0 Å². The molecule has 3 aromatic rings. The number of aromatic carboxylic acids is 1. The van der Waals surface area contributed by atoms with Gasteiger partial charge in [0.05, 0.1) is 17.8 Å². The van der Waals surface area contributed by atoms with E-state index in [1.165, 1.54) is 6.20 Å². The first-order valence-corrected chi connectivity index (χ1v) is 8.92. The van der Waals surface area contributed by atoms with Gasteiger partial charge in [-0.1, -0.05) is 6.07 Å². The molecule has 2 aromatic heterocycles. The van der Waals surface area contributed by atoms with Gasteiger partial charge in [0, 0.05) is 42.9 Å². The molecule has 7 heteroatoms. The average Bonchev–Trinajstić information content (AvgIpc) is 3.40. The Kier molecular flexibility index (Phi) is 4.50. The molecule has 1 amide bonds. The number of carboxylic acid groups (broad SMARTS) is 1. The second-order valence-corrected chi connectivity index (χ2v) is 6.68. The highest BCUT2D eigenvalue weighted by molar-refractivity contribution is 5.94. The summed E-state index contributed by atoms with van der Waals surface area (Å²) in [5, 5.41) is 13.2. The number of likely N-dealkylation sites (tertiary alicyclic amines) is 1. The molecule has 1 fully saturated rings. The molecule has 0 saturated carbocycles. The van der Waals surface area contributed by atoms with Crippen LogP contribution >= 0.6 is 0 Å². The maximum absolute atomic E-state index is 12.9. The third-order valence-electron chi connectivity index (χ3n) is 4.97. The predicted molar refractivity (Wildman–Crippen MR) is 99.1 cm³/mol. The van der Waals surface area contributed by atoms with Gasteiger partial charge >= 0.3 is 5.97 Å². The molecule has 138 valence electrons. The number of piperidine rings is 1. The van der Waals surface area contributed by atoms with Gasteiger partial charge < -0.3 is 14.6 Å². The van der Waals surface area contributed by atoms with Gasteiger partial charge in [-0.2, -0.15) is 5.10 Å². The number of amides is 1. The Morgan fingerprint density at radius 3 is 2.44 bits per heavy atom. The van der Waals surface area contributed by atoms with E-state index in [4.69, 9.17) is 5.11 Å². The minimum Gasteiger partial charge on any atom is -0.478 e. The van der Waals surface area contributed by atoms with Crippen LogP contribution in [-0.4, -0.2) is 49.3 Å². The molecule has 1 N–H and O–H groups in total. The SMILES string of the molecule is O=C(O)c1cnn(C2CCN(C(=O)c3cccc(-n4cccc4)c3)CC2)c1. The van der Waals surface area contributed by atoms with Crippen molar-refractivity contribution in [2.75, 3.05) is 13.1 Å². The summed E-state index contributed by atoms with van der Waals surface area (Å²) in [6.07, 6.45) is 8.33. The number of aromatic nitrogens is 3. The fraction of sp³-hybridized carbons (Fsp3) is 0.250. The number of benzene rings is 1. The van der Waals surface area contributed by atoms with Crippen molar-refractivity contribution in [1.82, 2.24) is 19.2 Å². The highest BCUT2D eigenvalue weighted by atomic mass is 16.4. The van der Waals surface area contributed by atoms with Gasteiger partial charge in [0.25, 0.3) is 5.91 Å². The molecule has 0 spiro atoms. The summed E-state index contributed by atoms with van der Waals surface area (Å²) in [6.45, 7) is 1.25. The van der Waals surface area contributed by atoms with E-state index in [-0.39, 0.29) is 17.5 Å². The molecule has 3 heterocycles. The van der Waals surface area contributed by atoms with Crippen molar-refractivity contribution in [1.29, 1.82) is 0 Å². The molecule has 0 unspecified atom stereocenters. The van der Waals surface area contributed by atoms with Crippen LogP contribution in [-0.2, 0) is 0 Å². The molecular formula is C20H20N4O3. The van der Waals surface area contributed by atoms with Crippen molar-refractivity contribution in [2.45, 2.75) is 18.9 Å². The maximum Gasteiger partial charge on any atom is 0.338 e. The average molecular weight is 364 g/mol. The molecule has 0 aliphatic carbocycles. The van der Waals surface area contributed by atoms with E-state index in [9.17, 15) is 9.59 Å². The Morgan fingerprint density at radius 1 is 1.04 bits per heavy atom. The zero-order valence-electron chi connectivity index (χ0n) is 14.7. The second kappa shape index (κ2) is 7.11. The van der Waals surface area contributed by atoms with Crippen LogP contribution in [0.1, 0.15) is 39.6 Å². The smallest absolute Gasteiger partial charge is 0.338 e.